The van der Waals surface area contributed by atoms with Crippen molar-refractivity contribution in [1.82, 2.24) is 10.3 Å². The molecule has 1 amide bonds. The van der Waals surface area contributed by atoms with Gasteiger partial charge in [-0.2, -0.15) is 0 Å². The van der Waals surface area contributed by atoms with Crippen LogP contribution in [-0.2, 0) is 5.60 Å². The molecule has 24 heavy (non-hydrogen) atoms. The van der Waals surface area contributed by atoms with Crippen LogP contribution in [0.25, 0.3) is 10.6 Å². The molecule has 3 rings (SSSR count). The van der Waals surface area contributed by atoms with Gasteiger partial charge in [-0.3, -0.25) is 4.79 Å². The number of benzene rings is 1. The predicted octanol–water partition coefficient (Wildman–Crippen LogP) is 3.35. The van der Waals surface area contributed by atoms with E-state index in [4.69, 9.17) is 4.42 Å². The van der Waals surface area contributed by atoms with Gasteiger partial charge in [0.05, 0.1) is 12.8 Å². The number of carbonyl (C=O) groups is 1. The number of hydrogen-bond acceptors (Lipinski definition) is 5. The van der Waals surface area contributed by atoms with E-state index < -0.39 is 5.60 Å². The van der Waals surface area contributed by atoms with Crippen molar-refractivity contribution in [1.29, 1.82) is 0 Å². The molecule has 1 aromatic carbocycles. The van der Waals surface area contributed by atoms with Crippen LogP contribution < -0.4 is 5.32 Å². The van der Waals surface area contributed by atoms with E-state index in [1.165, 1.54) is 17.6 Å². The largest absolute Gasteiger partial charge is 0.466 e. The molecule has 2 heterocycles. The lowest BCUT2D eigenvalue weighted by Crippen LogP contribution is -2.38. The molecule has 2 N–H and O–H groups in total. The SMILES string of the molecule is Cc1ccccc1-c1nc(C(=O)NCC(C)(O)c2ccco2)cs1. The van der Waals surface area contributed by atoms with Crippen molar-refractivity contribution in [2.24, 2.45) is 0 Å². The number of aliphatic hydroxyl groups is 1. The molecule has 0 fully saturated rings. The fourth-order valence-corrected chi connectivity index (χ4v) is 3.22. The molecule has 124 valence electrons. The van der Waals surface area contributed by atoms with E-state index in [0.717, 1.165) is 16.1 Å². The second-order valence-electron chi connectivity index (χ2n) is 5.79. The first-order valence-electron chi connectivity index (χ1n) is 7.53. The number of nitrogens with one attached hydrogen (secondary N) is 1. The first-order chi connectivity index (χ1) is 11.5. The van der Waals surface area contributed by atoms with Crippen LogP contribution >= 0.6 is 11.3 Å². The Morgan fingerprint density at radius 2 is 2.12 bits per heavy atom. The third-order valence-electron chi connectivity index (χ3n) is 3.76. The molecule has 1 atom stereocenters. The Morgan fingerprint density at radius 1 is 1.33 bits per heavy atom. The Hall–Kier alpha value is -2.44. The van der Waals surface area contributed by atoms with Crippen molar-refractivity contribution in [3.8, 4) is 10.6 Å². The molecule has 0 saturated heterocycles. The molecule has 0 aliphatic heterocycles. The Kier molecular flexibility index (Phi) is 4.51. The molecular weight excluding hydrogens is 324 g/mol. The molecule has 2 aromatic heterocycles. The zero-order chi connectivity index (χ0) is 17.2. The fraction of sp³-hybridized carbons (Fsp3) is 0.222. The van der Waals surface area contributed by atoms with E-state index in [2.05, 4.69) is 10.3 Å². The van der Waals surface area contributed by atoms with Gasteiger partial charge in [0.2, 0.25) is 0 Å². The number of nitrogens with zero attached hydrogens (tertiary/aromatic N) is 1. The Labute approximate surface area is 144 Å². The monoisotopic (exact) mass is 342 g/mol. The van der Waals surface area contributed by atoms with Crippen LogP contribution in [0.15, 0.2) is 52.5 Å². The lowest BCUT2D eigenvalue weighted by Gasteiger charge is -2.20. The molecule has 0 saturated carbocycles. The van der Waals surface area contributed by atoms with Crippen LogP contribution in [0.5, 0.6) is 0 Å². The Balaban J connectivity index is 1.70. The van der Waals surface area contributed by atoms with E-state index in [9.17, 15) is 9.90 Å². The normalized spacial score (nSPS) is 13.5. The maximum atomic E-state index is 12.3. The first-order valence-corrected chi connectivity index (χ1v) is 8.41. The summed E-state index contributed by atoms with van der Waals surface area (Å²) in [5.74, 6) is 0.0830. The summed E-state index contributed by atoms with van der Waals surface area (Å²) in [7, 11) is 0. The van der Waals surface area contributed by atoms with Gasteiger partial charge in [-0.15, -0.1) is 11.3 Å². The van der Waals surface area contributed by atoms with Crippen LogP contribution in [0.2, 0.25) is 0 Å². The number of aryl methyl sites for hydroxylation is 1. The first kappa shape index (κ1) is 16.4. The van der Waals surface area contributed by atoms with Gasteiger partial charge in [0.1, 0.15) is 22.1 Å². The van der Waals surface area contributed by atoms with Gasteiger partial charge in [0.15, 0.2) is 0 Å². The van der Waals surface area contributed by atoms with Crippen LogP contribution in [0.3, 0.4) is 0 Å². The molecule has 0 radical (unpaired) electrons. The van der Waals surface area contributed by atoms with E-state index in [1.807, 2.05) is 31.2 Å². The van der Waals surface area contributed by atoms with Crippen molar-refractivity contribution in [2.75, 3.05) is 6.54 Å². The lowest BCUT2D eigenvalue weighted by molar-refractivity contribution is 0.0329. The maximum absolute atomic E-state index is 12.3. The quantitative estimate of drug-likeness (QED) is 0.745. The molecule has 1 unspecified atom stereocenters. The second kappa shape index (κ2) is 6.59. The summed E-state index contributed by atoms with van der Waals surface area (Å²) >= 11 is 1.42. The minimum atomic E-state index is -1.27. The van der Waals surface area contributed by atoms with Crippen molar-refractivity contribution in [3.05, 3.63) is 65.1 Å². The highest BCUT2D eigenvalue weighted by molar-refractivity contribution is 7.13. The Bertz CT molecular complexity index is 838. The summed E-state index contributed by atoms with van der Waals surface area (Å²) in [6.45, 7) is 3.64. The lowest BCUT2D eigenvalue weighted by atomic mass is 10.0. The standard InChI is InChI=1S/C18H18N2O3S/c1-12-6-3-4-7-13(12)17-20-14(10-24-17)16(21)19-11-18(2,22)15-8-5-9-23-15/h3-10,22H,11H2,1-2H3,(H,19,21). The predicted molar refractivity (Wildman–Crippen MR) is 92.9 cm³/mol. The number of carbonyl (C=O) groups excluding carboxylic acids is 1. The Morgan fingerprint density at radius 3 is 2.83 bits per heavy atom. The fourth-order valence-electron chi connectivity index (χ4n) is 2.33. The van der Waals surface area contributed by atoms with E-state index in [-0.39, 0.29) is 12.5 Å². The number of amides is 1. The number of furan rings is 1. The summed E-state index contributed by atoms with van der Waals surface area (Å²) < 4.78 is 5.20. The van der Waals surface area contributed by atoms with Crippen LogP contribution in [0, 0.1) is 6.92 Å². The van der Waals surface area contributed by atoms with E-state index in [1.54, 1.807) is 24.4 Å². The summed E-state index contributed by atoms with van der Waals surface area (Å²) in [5, 5.41) is 15.6. The van der Waals surface area contributed by atoms with Gasteiger partial charge in [0, 0.05) is 10.9 Å². The average Bonchev–Trinajstić information content (AvgIpc) is 3.25. The number of thiazole rings is 1. The molecule has 6 heteroatoms. The number of rotatable bonds is 5. The highest BCUT2D eigenvalue weighted by atomic mass is 32.1. The molecule has 0 aliphatic rings. The third-order valence-corrected chi connectivity index (χ3v) is 4.63. The highest BCUT2D eigenvalue weighted by Crippen LogP contribution is 2.26. The molecule has 0 aliphatic carbocycles. The van der Waals surface area contributed by atoms with Crippen molar-refractivity contribution >= 4 is 17.2 Å². The van der Waals surface area contributed by atoms with Gasteiger partial charge in [-0.1, -0.05) is 24.3 Å². The minimum absolute atomic E-state index is 0.0383. The molecule has 5 nitrogen and oxygen atoms in total. The topological polar surface area (TPSA) is 75.4 Å². The summed E-state index contributed by atoms with van der Waals surface area (Å²) in [6.07, 6.45) is 1.49. The number of hydrogen-bond donors (Lipinski definition) is 2. The van der Waals surface area contributed by atoms with Crippen molar-refractivity contribution in [2.45, 2.75) is 19.4 Å². The van der Waals surface area contributed by atoms with E-state index in [0.29, 0.717) is 11.5 Å². The highest BCUT2D eigenvalue weighted by Gasteiger charge is 2.27. The summed E-state index contributed by atoms with van der Waals surface area (Å²) in [4.78, 5) is 16.7. The average molecular weight is 342 g/mol. The smallest absolute Gasteiger partial charge is 0.270 e. The van der Waals surface area contributed by atoms with Crippen molar-refractivity contribution < 1.29 is 14.3 Å². The molecule has 3 aromatic rings. The van der Waals surface area contributed by atoms with Gasteiger partial charge in [0.25, 0.3) is 5.91 Å². The van der Waals surface area contributed by atoms with Gasteiger partial charge < -0.3 is 14.8 Å². The maximum Gasteiger partial charge on any atom is 0.270 e. The minimum Gasteiger partial charge on any atom is -0.466 e. The third kappa shape index (κ3) is 3.39. The van der Waals surface area contributed by atoms with Gasteiger partial charge in [-0.25, -0.2) is 4.98 Å². The van der Waals surface area contributed by atoms with Crippen LogP contribution in [0.4, 0.5) is 0 Å². The van der Waals surface area contributed by atoms with Gasteiger partial charge >= 0.3 is 0 Å². The zero-order valence-electron chi connectivity index (χ0n) is 13.4. The zero-order valence-corrected chi connectivity index (χ0v) is 14.3. The summed E-state index contributed by atoms with van der Waals surface area (Å²) in [6, 6.07) is 11.3. The van der Waals surface area contributed by atoms with Crippen LogP contribution in [0.1, 0.15) is 28.7 Å². The summed E-state index contributed by atoms with van der Waals surface area (Å²) in [5.41, 5.74) is 1.20. The number of aromatic nitrogens is 1. The van der Waals surface area contributed by atoms with Crippen molar-refractivity contribution in [3.63, 3.8) is 0 Å². The molecular formula is C18H18N2O3S. The van der Waals surface area contributed by atoms with E-state index >= 15 is 0 Å². The second-order valence-corrected chi connectivity index (χ2v) is 6.64. The molecule has 0 bridgehead atoms. The van der Waals surface area contributed by atoms with Crippen LogP contribution in [-0.4, -0.2) is 22.5 Å². The molecule has 0 spiro atoms. The van der Waals surface area contributed by atoms with Gasteiger partial charge in [-0.05, 0) is 31.5 Å².